The van der Waals surface area contributed by atoms with Gasteiger partial charge in [0.2, 0.25) is 0 Å². The summed E-state index contributed by atoms with van der Waals surface area (Å²) in [7, 11) is 3.48. The Kier molecular flexibility index (Phi) is 3.81. The van der Waals surface area contributed by atoms with Crippen LogP contribution in [0.1, 0.15) is 12.5 Å². The molecule has 0 radical (unpaired) electrons. The van der Waals surface area contributed by atoms with E-state index in [1.54, 1.807) is 7.11 Å². The molecule has 96 valence electrons. The lowest BCUT2D eigenvalue weighted by molar-refractivity contribution is 0.413. The average molecular weight is 263 g/mol. The number of ether oxygens (including phenoxy) is 1. The number of nitrogens with zero attached hydrogens (tertiary/aromatic N) is 2. The molecule has 2 rings (SSSR count). The van der Waals surface area contributed by atoms with Crippen molar-refractivity contribution >= 4 is 23.0 Å². The van der Waals surface area contributed by atoms with Gasteiger partial charge in [-0.2, -0.15) is 5.10 Å². The Morgan fingerprint density at radius 3 is 2.89 bits per heavy atom. The van der Waals surface area contributed by atoms with E-state index in [1.165, 1.54) is 0 Å². The molecule has 0 bridgehead atoms. The van der Waals surface area contributed by atoms with E-state index in [1.807, 2.05) is 36.3 Å². The maximum absolute atomic E-state index is 5.38. The number of rotatable bonds is 2. The second kappa shape index (κ2) is 5.35. The van der Waals surface area contributed by atoms with Crippen LogP contribution in [0.25, 0.3) is 0 Å². The van der Waals surface area contributed by atoms with Crippen LogP contribution in [-0.4, -0.2) is 36.5 Å². The van der Waals surface area contributed by atoms with Crippen LogP contribution in [0.5, 0.6) is 5.75 Å². The van der Waals surface area contributed by atoms with Crippen molar-refractivity contribution in [1.82, 2.24) is 10.3 Å². The molecule has 1 heterocycles. The van der Waals surface area contributed by atoms with Gasteiger partial charge in [-0.25, -0.2) is 5.01 Å². The van der Waals surface area contributed by atoms with E-state index in [-0.39, 0.29) is 0 Å². The van der Waals surface area contributed by atoms with Crippen LogP contribution in [0.15, 0.2) is 29.4 Å². The number of hydrogen-bond acceptors (Lipinski definition) is 3. The van der Waals surface area contributed by atoms with Crippen LogP contribution in [-0.2, 0) is 0 Å². The average Bonchev–Trinajstić information content (AvgIpc) is 2.79. The molecule has 1 aliphatic heterocycles. The summed E-state index contributed by atoms with van der Waals surface area (Å²) in [6, 6.07) is 7.92. The van der Waals surface area contributed by atoms with Crippen LogP contribution in [0.4, 0.5) is 0 Å². The molecule has 18 heavy (non-hydrogen) atoms. The number of thiocarbonyl (C=S) groups is 1. The Balaban J connectivity index is 2.35. The molecule has 0 amide bonds. The molecule has 0 aliphatic carbocycles. The van der Waals surface area contributed by atoms with Crippen molar-refractivity contribution in [3.63, 3.8) is 0 Å². The Bertz CT molecular complexity index is 487. The monoisotopic (exact) mass is 263 g/mol. The largest absolute Gasteiger partial charge is 0.496 e. The van der Waals surface area contributed by atoms with E-state index < -0.39 is 0 Å². The summed E-state index contributed by atoms with van der Waals surface area (Å²) in [6.45, 7) is 2.94. The predicted octanol–water partition coefficient (Wildman–Crippen LogP) is 1.86. The van der Waals surface area contributed by atoms with Crippen molar-refractivity contribution in [3.05, 3.63) is 29.8 Å². The van der Waals surface area contributed by atoms with E-state index in [0.717, 1.165) is 23.6 Å². The van der Waals surface area contributed by atoms with Gasteiger partial charge in [0, 0.05) is 18.5 Å². The van der Waals surface area contributed by atoms with Crippen LogP contribution >= 0.6 is 12.2 Å². The summed E-state index contributed by atoms with van der Waals surface area (Å²) < 4.78 is 5.38. The highest BCUT2D eigenvalue weighted by atomic mass is 32.1. The van der Waals surface area contributed by atoms with Crippen LogP contribution in [0, 0.1) is 5.92 Å². The van der Waals surface area contributed by atoms with Crippen molar-refractivity contribution < 1.29 is 4.74 Å². The normalized spacial score (nSPS) is 18.5. The highest BCUT2D eigenvalue weighted by Gasteiger charge is 2.27. The van der Waals surface area contributed by atoms with Gasteiger partial charge in [0.1, 0.15) is 5.75 Å². The van der Waals surface area contributed by atoms with E-state index in [2.05, 4.69) is 17.3 Å². The highest BCUT2D eigenvalue weighted by molar-refractivity contribution is 7.80. The zero-order chi connectivity index (χ0) is 13.1. The van der Waals surface area contributed by atoms with E-state index in [0.29, 0.717) is 11.0 Å². The van der Waals surface area contributed by atoms with Gasteiger partial charge in [-0.15, -0.1) is 0 Å². The van der Waals surface area contributed by atoms with Crippen molar-refractivity contribution in [3.8, 4) is 5.75 Å². The first-order valence-corrected chi connectivity index (χ1v) is 6.29. The molecular formula is C13H17N3OS. The fourth-order valence-electron chi connectivity index (χ4n) is 2.05. The van der Waals surface area contributed by atoms with Crippen molar-refractivity contribution in [2.24, 2.45) is 11.0 Å². The van der Waals surface area contributed by atoms with Gasteiger partial charge in [-0.1, -0.05) is 19.1 Å². The summed E-state index contributed by atoms with van der Waals surface area (Å²) in [5.74, 6) is 1.17. The fraction of sp³-hybridized carbons (Fsp3) is 0.385. The molecule has 4 nitrogen and oxygen atoms in total. The number of benzene rings is 1. The maximum atomic E-state index is 5.38. The summed E-state index contributed by atoms with van der Waals surface area (Å²) >= 11 is 5.21. The molecule has 1 aromatic rings. The van der Waals surface area contributed by atoms with Crippen molar-refractivity contribution in [2.45, 2.75) is 6.92 Å². The Labute approximate surface area is 113 Å². The van der Waals surface area contributed by atoms with Crippen LogP contribution in [0.3, 0.4) is 0 Å². The van der Waals surface area contributed by atoms with Gasteiger partial charge in [0.05, 0.1) is 19.4 Å². The number of methoxy groups -OCH3 is 1. The molecule has 0 saturated heterocycles. The lowest BCUT2D eigenvalue weighted by Gasteiger charge is -2.13. The van der Waals surface area contributed by atoms with Gasteiger partial charge in [-0.3, -0.25) is 0 Å². The van der Waals surface area contributed by atoms with Crippen molar-refractivity contribution in [2.75, 3.05) is 20.7 Å². The number of hydrazone groups is 1. The third kappa shape index (κ3) is 2.31. The lowest BCUT2D eigenvalue weighted by atomic mass is 9.99. The van der Waals surface area contributed by atoms with Gasteiger partial charge in [-0.05, 0) is 24.4 Å². The topological polar surface area (TPSA) is 36.9 Å². The minimum Gasteiger partial charge on any atom is -0.496 e. The Morgan fingerprint density at radius 2 is 2.22 bits per heavy atom. The molecule has 1 unspecified atom stereocenters. The van der Waals surface area contributed by atoms with E-state index in [9.17, 15) is 0 Å². The fourth-order valence-corrected chi connectivity index (χ4v) is 2.16. The second-order valence-corrected chi connectivity index (χ2v) is 4.61. The lowest BCUT2D eigenvalue weighted by Crippen LogP contribution is -2.33. The number of hydrogen-bond donors (Lipinski definition) is 1. The molecule has 1 atom stereocenters. The molecule has 0 fully saturated rings. The molecule has 5 heteroatoms. The predicted molar refractivity (Wildman–Crippen MR) is 77.1 cm³/mol. The Hall–Kier alpha value is -1.62. The molecule has 0 saturated carbocycles. The molecular weight excluding hydrogens is 246 g/mol. The van der Waals surface area contributed by atoms with Crippen LogP contribution in [0.2, 0.25) is 0 Å². The zero-order valence-corrected chi connectivity index (χ0v) is 11.6. The third-order valence-corrected chi connectivity index (χ3v) is 3.39. The quantitative estimate of drug-likeness (QED) is 0.826. The highest BCUT2D eigenvalue weighted by Crippen LogP contribution is 2.26. The molecule has 1 N–H and O–H groups in total. The van der Waals surface area contributed by atoms with E-state index >= 15 is 0 Å². The first kappa shape index (κ1) is 12.8. The summed E-state index contributed by atoms with van der Waals surface area (Å²) in [5, 5.41) is 10.00. The summed E-state index contributed by atoms with van der Waals surface area (Å²) in [6.07, 6.45) is 0. The van der Waals surface area contributed by atoms with E-state index in [4.69, 9.17) is 17.0 Å². The number of nitrogens with one attached hydrogen (secondary N) is 1. The van der Waals surface area contributed by atoms with Crippen molar-refractivity contribution in [1.29, 1.82) is 0 Å². The smallest absolute Gasteiger partial charge is 0.189 e. The van der Waals surface area contributed by atoms with Gasteiger partial charge < -0.3 is 10.1 Å². The maximum Gasteiger partial charge on any atom is 0.189 e. The number of para-hydroxylation sites is 1. The Morgan fingerprint density at radius 1 is 1.50 bits per heavy atom. The first-order chi connectivity index (χ1) is 8.67. The SMILES string of the molecule is CNC(=S)N1CC(C)C(c2ccccc2OC)=N1. The summed E-state index contributed by atoms with van der Waals surface area (Å²) in [4.78, 5) is 0. The minimum atomic E-state index is 0.326. The molecule has 0 spiro atoms. The molecule has 1 aromatic carbocycles. The third-order valence-electron chi connectivity index (χ3n) is 2.97. The molecule has 0 aromatic heterocycles. The standard InChI is InChI=1S/C13H17N3OS/c1-9-8-16(13(18)14-2)15-12(9)10-6-4-5-7-11(10)17-3/h4-7,9H,8H2,1-3H3,(H,14,18). The van der Waals surface area contributed by atoms with Gasteiger partial charge in [0.25, 0.3) is 0 Å². The first-order valence-electron chi connectivity index (χ1n) is 5.88. The summed E-state index contributed by atoms with van der Waals surface area (Å²) in [5.41, 5.74) is 2.05. The molecule has 1 aliphatic rings. The minimum absolute atomic E-state index is 0.326. The van der Waals surface area contributed by atoms with Gasteiger partial charge >= 0.3 is 0 Å². The zero-order valence-electron chi connectivity index (χ0n) is 10.8. The van der Waals surface area contributed by atoms with Gasteiger partial charge in [0.15, 0.2) is 5.11 Å². The van der Waals surface area contributed by atoms with Crippen LogP contribution < -0.4 is 10.1 Å². The second-order valence-electron chi connectivity index (χ2n) is 4.22.